The Labute approximate surface area is 169 Å². The fourth-order valence-corrected chi connectivity index (χ4v) is 3.72. The molecular weight excluding hydrogens is 368 g/mol. The Kier molecular flexibility index (Phi) is 5.57. The molecule has 3 aromatic rings. The van der Waals surface area contributed by atoms with Gasteiger partial charge in [-0.15, -0.1) is 0 Å². The van der Waals surface area contributed by atoms with Crippen LogP contribution in [0.15, 0.2) is 59.7 Å². The number of ether oxygens (including phenoxy) is 1. The molecule has 2 aromatic heterocycles. The molecule has 7 nitrogen and oxygen atoms in total. The van der Waals surface area contributed by atoms with Crippen LogP contribution in [-0.4, -0.2) is 60.3 Å². The van der Waals surface area contributed by atoms with E-state index in [0.717, 1.165) is 18.9 Å². The van der Waals surface area contributed by atoms with E-state index in [1.807, 2.05) is 41.3 Å². The van der Waals surface area contributed by atoms with Gasteiger partial charge in [0.15, 0.2) is 0 Å². The molecule has 0 atom stereocenters. The first-order valence-corrected chi connectivity index (χ1v) is 9.75. The third-order valence-corrected chi connectivity index (χ3v) is 5.30. The minimum absolute atomic E-state index is 0.0481. The Hall–Kier alpha value is -3.19. The van der Waals surface area contributed by atoms with Crippen molar-refractivity contribution in [2.45, 2.75) is 6.54 Å². The highest BCUT2D eigenvalue weighted by molar-refractivity contribution is 6.06. The van der Waals surface area contributed by atoms with Crippen molar-refractivity contribution in [1.82, 2.24) is 14.5 Å². The number of pyridine rings is 2. The number of nitrogens with zero attached hydrogens (tertiary/aromatic N) is 4. The topological polar surface area (TPSA) is 67.7 Å². The molecule has 0 unspecified atom stereocenters. The molecule has 0 radical (unpaired) electrons. The van der Waals surface area contributed by atoms with Gasteiger partial charge in [0.2, 0.25) is 0 Å². The minimum Gasteiger partial charge on any atom is -0.383 e. The van der Waals surface area contributed by atoms with E-state index in [0.29, 0.717) is 42.6 Å². The van der Waals surface area contributed by atoms with Gasteiger partial charge in [-0.3, -0.25) is 9.59 Å². The van der Waals surface area contributed by atoms with Crippen molar-refractivity contribution < 1.29 is 9.53 Å². The summed E-state index contributed by atoms with van der Waals surface area (Å²) in [7, 11) is 1.60. The second kappa shape index (κ2) is 8.45. The molecule has 0 spiro atoms. The third-order valence-electron chi connectivity index (χ3n) is 5.30. The van der Waals surface area contributed by atoms with Crippen molar-refractivity contribution in [2.75, 3.05) is 44.8 Å². The summed E-state index contributed by atoms with van der Waals surface area (Å²) in [4.78, 5) is 34.5. The molecule has 1 aliphatic rings. The van der Waals surface area contributed by atoms with E-state index in [-0.39, 0.29) is 11.5 Å². The molecule has 1 aromatic carbocycles. The van der Waals surface area contributed by atoms with Gasteiger partial charge in [-0.1, -0.05) is 24.3 Å². The SMILES string of the molecule is COCCn1cc(C(=O)N2CCN(c3ccccn3)CC2)c2ccccc2c1=O. The number of carbonyl (C=O) groups is 1. The Balaban J connectivity index is 1.60. The third kappa shape index (κ3) is 3.86. The number of amides is 1. The molecule has 0 N–H and O–H groups in total. The first-order chi connectivity index (χ1) is 14.2. The van der Waals surface area contributed by atoms with Gasteiger partial charge >= 0.3 is 0 Å². The van der Waals surface area contributed by atoms with E-state index < -0.39 is 0 Å². The fraction of sp³-hybridized carbons (Fsp3) is 0.318. The molecule has 0 saturated carbocycles. The molecule has 1 aliphatic heterocycles. The Morgan fingerprint density at radius 3 is 2.45 bits per heavy atom. The molecule has 1 amide bonds. The fourth-order valence-electron chi connectivity index (χ4n) is 3.72. The summed E-state index contributed by atoms with van der Waals surface area (Å²) in [5, 5.41) is 1.25. The Morgan fingerprint density at radius 2 is 1.76 bits per heavy atom. The molecule has 4 rings (SSSR count). The molecule has 29 heavy (non-hydrogen) atoms. The highest BCUT2D eigenvalue weighted by Gasteiger charge is 2.25. The molecule has 7 heteroatoms. The zero-order chi connectivity index (χ0) is 20.2. The van der Waals surface area contributed by atoms with E-state index in [1.54, 1.807) is 30.1 Å². The quantitative estimate of drug-likeness (QED) is 0.664. The van der Waals surface area contributed by atoms with E-state index in [4.69, 9.17) is 4.74 Å². The lowest BCUT2D eigenvalue weighted by atomic mass is 10.1. The van der Waals surface area contributed by atoms with Crippen molar-refractivity contribution >= 4 is 22.5 Å². The van der Waals surface area contributed by atoms with Crippen LogP contribution >= 0.6 is 0 Å². The number of hydrogen-bond donors (Lipinski definition) is 0. The van der Waals surface area contributed by atoms with Crippen LogP contribution in [0.25, 0.3) is 10.8 Å². The summed E-state index contributed by atoms with van der Waals surface area (Å²) in [5.74, 6) is 0.881. The summed E-state index contributed by atoms with van der Waals surface area (Å²) in [6.07, 6.45) is 3.46. The Bertz CT molecular complexity index is 1060. The number of hydrogen-bond acceptors (Lipinski definition) is 5. The summed E-state index contributed by atoms with van der Waals surface area (Å²) in [6, 6.07) is 13.1. The zero-order valence-corrected chi connectivity index (χ0v) is 16.5. The van der Waals surface area contributed by atoms with Gasteiger partial charge in [0.05, 0.1) is 12.2 Å². The smallest absolute Gasteiger partial charge is 0.258 e. The number of anilines is 1. The van der Waals surface area contributed by atoms with Crippen molar-refractivity contribution in [2.24, 2.45) is 0 Å². The van der Waals surface area contributed by atoms with Crippen LogP contribution < -0.4 is 10.5 Å². The van der Waals surface area contributed by atoms with E-state index in [2.05, 4.69) is 9.88 Å². The average molecular weight is 392 g/mol. The predicted octanol–water partition coefficient (Wildman–Crippen LogP) is 2.01. The average Bonchev–Trinajstić information content (AvgIpc) is 2.79. The number of rotatable bonds is 5. The summed E-state index contributed by atoms with van der Waals surface area (Å²) in [6.45, 7) is 3.50. The first kappa shape index (κ1) is 19.1. The molecule has 0 aliphatic carbocycles. The van der Waals surface area contributed by atoms with Crippen LogP contribution in [0.2, 0.25) is 0 Å². The maximum atomic E-state index is 13.3. The van der Waals surface area contributed by atoms with Crippen molar-refractivity contribution in [3.63, 3.8) is 0 Å². The predicted molar refractivity (Wildman–Crippen MR) is 112 cm³/mol. The number of piperazine rings is 1. The highest BCUT2D eigenvalue weighted by Crippen LogP contribution is 2.19. The van der Waals surface area contributed by atoms with Crippen LogP contribution in [-0.2, 0) is 11.3 Å². The van der Waals surface area contributed by atoms with Crippen LogP contribution in [0.1, 0.15) is 10.4 Å². The molecule has 3 heterocycles. The number of methoxy groups -OCH3 is 1. The lowest BCUT2D eigenvalue weighted by molar-refractivity contribution is 0.0747. The van der Waals surface area contributed by atoms with Crippen LogP contribution in [0.5, 0.6) is 0 Å². The lowest BCUT2D eigenvalue weighted by Gasteiger charge is -2.35. The molecule has 1 fully saturated rings. The minimum atomic E-state index is -0.103. The summed E-state index contributed by atoms with van der Waals surface area (Å²) in [5.41, 5.74) is 0.455. The van der Waals surface area contributed by atoms with Gasteiger partial charge in [-0.25, -0.2) is 4.98 Å². The van der Waals surface area contributed by atoms with Gasteiger partial charge < -0.3 is 19.1 Å². The van der Waals surface area contributed by atoms with E-state index in [1.165, 1.54) is 0 Å². The summed E-state index contributed by atoms with van der Waals surface area (Å²) >= 11 is 0. The lowest BCUT2D eigenvalue weighted by Crippen LogP contribution is -2.49. The first-order valence-electron chi connectivity index (χ1n) is 9.75. The number of fused-ring (bicyclic) bond motifs is 1. The zero-order valence-electron chi connectivity index (χ0n) is 16.5. The van der Waals surface area contributed by atoms with E-state index in [9.17, 15) is 9.59 Å². The van der Waals surface area contributed by atoms with Gasteiger partial charge in [0, 0.05) is 63.0 Å². The Morgan fingerprint density at radius 1 is 1.03 bits per heavy atom. The standard InChI is InChI=1S/C22H24N4O3/c1-29-15-14-26-16-19(17-6-2-3-7-18(17)21(26)27)22(28)25-12-10-24(11-13-25)20-8-4-5-9-23-20/h2-9,16H,10-15H2,1H3. The largest absolute Gasteiger partial charge is 0.383 e. The van der Waals surface area contributed by atoms with Crippen molar-refractivity contribution in [3.8, 4) is 0 Å². The van der Waals surface area contributed by atoms with Crippen LogP contribution in [0.4, 0.5) is 5.82 Å². The highest BCUT2D eigenvalue weighted by atomic mass is 16.5. The number of aromatic nitrogens is 2. The van der Waals surface area contributed by atoms with E-state index >= 15 is 0 Å². The van der Waals surface area contributed by atoms with Gasteiger partial charge in [-0.2, -0.15) is 0 Å². The molecular formula is C22H24N4O3. The molecule has 150 valence electrons. The monoisotopic (exact) mass is 392 g/mol. The van der Waals surface area contributed by atoms with Crippen LogP contribution in [0, 0.1) is 0 Å². The second-order valence-electron chi connectivity index (χ2n) is 7.05. The van der Waals surface area contributed by atoms with Gasteiger partial charge in [0.1, 0.15) is 5.82 Å². The maximum absolute atomic E-state index is 13.3. The van der Waals surface area contributed by atoms with Gasteiger partial charge in [-0.05, 0) is 18.2 Å². The molecule has 1 saturated heterocycles. The van der Waals surface area contributed by atoms with Crippen molar-refractivity contribution in [3.05, 3.63) is 70.8 Å². The summed E-state index contributed by atoms with van der Waals surface area (Å²) < 4.78 is 6.69. The van der Waals surface area contributed by atoms with Crippen molar-refractivity contribution in [1.29, 1.82) is 0 Å². The maximum Gasteiger partial charge on any atom is 0.258 e. The second-order valence-corrected chi connectivity index (χ2v) is 7.05. The van der Waals surface area contributed by atoms with Crippen LogP contribution in [0.3, 0.4) is 0 Å². The number of benzene rings is 1. The number of carbonyl (C=O) groups excluding carboxylic acids is 1. The normalized spacial score (nSPS) is 14.4. The molecule has 0 bridgehead atoms. The van der Waals surface area contributed by atoms with Gasteiger partial charge in [0.25, 0.3) is 11.5 Å².